The number of amides is 2. The first-order valence-electron chi connectivity index (χ1n) is 6.29. The van der Waals surface area contributed by atoms with Crippen LogP contribution in [0.5, 0.6) is 0 Å². The zero-order chi connectivity index (χ0) is 16.6. The molecular formula is C14H7F2N3O4. The van der Waals surface area contributed by atoms with Crippen molar-refractivity contribution in [1.82, 2.24) is 15.0 Å². The molecular weight excluding hydrogens is 312 g/mol. The van der Waals surface area contributed by atoms with Crippen molar-refractivity contribution in [2.24, 2.45) is 0 Å². The minimum atomic E-state index is -2.90. The van der Waals surface area contributed by atoms with Crippen molar-refractivity contribution in [3.8, 4) is 0 Å². The van der Waals surface area contributed by atoms with Crippen molar-refractivity contribution in [1.29, 1.82) is 0 Å². The zero-order valence-electron chi connectivity index (χ0n) is 11.3. The van der Waals surface area contributed by atoms with E-state index in [9.17, 15) is 23.2 Å². The van der Waals surface area contributed by atoms with Crippen molar-refractivity contribution in [2.75, 3.05) is 0 Å². The minimum Gasteiger partial charge on any atom is -0.323 e. The van der Waals surface area contributed by atoms with Gasteiger partial charge in [-0.1, -0.05) is 17.2 Å². The van der Waals surface area contributed by atoms with Crippen LogP contribution in [0.1, 0.15) is 43.3 Å². The van der Waals surface area contributed by atoms with Crippen LogP contribution in [0.25, 0.3) is 0 Å². The summed E-state index contributed by atoms with van der Waals surface area (Å²) >= 11 is 0. The Morgan fingerprint density at radius 2 is 1.70 bits per heavy atom. The van der Waals surface area contributed by atoms with E-state index >= 15 is 0 Å². The van der Waals surface area contributed by atoms with Gasteiger partial charge in [-0.25, -0.2) is 23.5 Å². The Kier molecular flexibility index (Phi) is 3.53. The maximum atomic E-state index is 12.6. The molecule has 0 saturated carbocycles. The molecule has 7 nitrogen and oxygen atoms in total. The Hall–Kier alpha value is -3.23. The summed E-state index contributed by atoms with van der Waals surface area (Å²) in [4.78, 5) is 47.5. The molecule has 0 N–H and O–H groups in total. The van der Waals surface area contributed by atoms with Gasteiger partial charge in [0.25, 0.3) is 18.2 Å². The van der Waals surface area contributed by atoms with Crippen LogP contribution in [-0.4, -0.2) is 32.8 Å². The topological polar surface area (TPSA) is 89.5 Å². The molecule has 0 radical (unpaired) electrons. The standard InChI is InChI=1S/C14H7F2N3O4/c15-11(16)9-5-10(18-6-17-9)14(22)23-19-12(20)7-3-1-2-4-8(7)13(19)21/h1-6,11H. The number of halogens is 2. The SMILES string of the molecule is O=C(ON1C(=O)c2ccccc2C1=O)c1cc(C(F)F)ncn1. The molecule has 23 heavy (non-hydrogen) atoms. The van der Waals surface area contributed by atoms with Crippen LogP contribution in [0, 0.1) is 0 Å². The Balaban J connectivity index is 1.83. The van der Waals surface area contributed by atoms with Crippen LogP contribution in [0.3, 0.4) is 0 Å². The lowest BCUT2D eigenvalue weighted by Crippen LogP contribution is -2.33. The van der Waals surface area contributed by atoms with Gasteiger partial charge < -0.3 is 4.84 Å². The van der Waals surface area contributed by atoms with Crippen LogP contribution >= 0.6 is 0 Å². The van der Waals surface area contributed by atoms with Crippen molar-refractivity contribution in [3.63, 3.8) is 0 Å². The fraction of sp³-hybridized carbons (Fsp3) is 0.0714. The van der Waals surface area contributed by atoms with Crippen LogP contribution < -0.4 is 0 Å². The highest BCUT2D eigenvalue weighted by Gasteiger charge is 2.39. The number of aromatic nitrogens is 2. The molecule has 2 heterocycles. The van der Waals surface area contributed by atoms with Gasteiger partial charge in [0.1, 0.15) is 12.0 Å². The number of imide groups is 1. The Morgan fingerprint density at radius 1 is 1.09 bits per heavy atom. The number of carbonyl (C=O) groups excluding carboxylic acids is 3. The van der Waals surface area contributed by atoms with Crippen LogP contribution in [-0.2, 0) is 4.84 Å². The number of fused-ring (bicyclic) bond motifs is 1. The van der Waals surface area contributed by atoms with Gasteiger partial charge in [0.15, 0.2) is 5.69 Å². The lowest BCUT2D eigenvalue weighted by atomic mass is 10.1. The second kappa shape index (κ2) is 5.52. The van der Waals surface area contributed by atoms with E-state index in [2.05, 4.69) is 9.97 Å². The van der Waals surface area contributed by atoms with Crippen LogP contribution in [0.4, 0.5) is 8.78 Å². The van der Waals surface area contributed by atoms with Crippen LogP contribution in [0.2, 0.25) is 0 Å². The third-order valence-corrected chi connectivity index (χ3v) is 3.05. The number of alkyl halides is 2. The number of hydroxylamine groups is 2. The van der Waals surface area contributed by atoms with Gasteiger partial charge in [0.2, 0.25) is 0 Å². The predicted molar refractivity (Wildman–Crippen MR) is 69.3 cm³/mol. The molecule has 0 saturated heterocycles. The van der Waals surface area contributed by atoms with Gasteiger partial charge in [0.05, 0.1) is 11.1 Å². The number of benzene rings is 1. The second-order valence-electron chi connectivity index (χ2n) is 4.46. The first kappa shape index (κ1) is 14.7. The van der Waals surface area contributed by atoms with Crippen molar-refractivity contribution < 1.29 is 28.0 Å². The van der Waals surface area contributed by atoms with Crippen molar-refractivity contribution in [3.05, 3.63) is 59.2 Å². The highest BCUT2D eigenvalue weighted by atomic mass is 19.3. The maximum Gasteiger partial charge on any atom is 0.382 e. The smallest absolute Gasteiger partial charge is 0.323 e. The average molecular weight is 319 g/mol. The number of hydrogen-bond donors (Lipinski definition) is 0. The van der Waals surface area contributed by atoms with Gasteiger partial charge in [0, 0.05) is 0 Å². The fourth-order valence-electron chi connectivity index (χ4n) is 1.98. The molecule has 9 heteroatoms. The van der Waals surface area contributed by atoms with Gasteiger partial charge in [-0.2, -0.15) is 0 Å². The number of hydrogen-bond acceptors (Lipinski definition) is 6. The van der Waals surface area contributed by atoms with E-state index in [-0.39, 0.29) is 16.2 Å². The third kappa shape index (κ3) is 2.52. The Labute approximate surface area is 127 Å². The molecule has 2 amide bonds. The number of rotatable bonds is 3. The quantitative estimate of drug-likeness (QED) is 0.801. The molecule has 0 fully saturated rings. The monoisotopic (exact) mass is 319 g/mol. The van der Waals surface area contributed by atoms with E-state index in [1.165, 1.54) is 12.1 Å². The summed E-state index contributed by atoms with van der Waals surface area (Å²) in [5.41, 5.74) is -0.997. The third-order valence-electron chi connectivity index (χ3n) is 3.05. The van der Waals surface area contributed by atoms with E-state index < -0.39 is 35.6 Å². The number of carbonyl (C=O) groups is 3. The molecule has 1 aliphatic heterocycles. The number of nitrogens with zero attached hydrogens (tertiary/aromatic N) is 3. The molecule has 1 aliphatic rings. The van der Waals surface area contributed by atoms with E-state index in [4.69, 9.17) is 4.84 Å². The largest absolute Gasteiger partial charge is 0.382 e. The molecule has 2 aromatic rings. The summed E-state index contributed by atoms with van der Waals surface area (Å²) < 4.78 is 25.1. The first-order chi connectivity index (χ1) is 11.0. The summed E-state index contributed by atoms with van der Waals surface area (Å²) in [5.74, 6) is -2.85. The fourth-order valence-corrected chi connectivity index (χ4v) is 1.98. The molecule has 1 aromatic heterocycles. The first-order valence-corrected chi connectivity index (χ1v) is 6.29. The Bertz CT molecular complexity index is 790. The van der Waals surface area contributed by atoms with Gasteiger partial charge >= 0.3 is 5.97 Å². The molecule has 1 aromatic carbocycles. The highest BCUT2D eigenvalue weighted by Crippen LogP contribution is 2.23. The van der Waals surface area contributed by atoms with Crippen LogP contribution in [0.15, 0.2) is 36.7 Å². The summed E-state index contributed by atoms with van der Waals surface area (Å²) in [6.07, 6.45) is -2.13. The lowest BCUT2D eigenvalue weighted by Gasteiger charge is -2.12. The average Bonchev–Trinajstić information content (AvgIpc) is 2.80. The Morgan fingerprint density at radius 3 is 2.26 bits per heavy atom. The normalized spacial score (nSPS) is 13.4. The highest BCUT2D eigenvalue weighted by molar-refractivity contribution is 6.21. The summed E-state index contributed by atoms with van der Waals surface area (Å²) in [7, 11) is 0. The molecule has 0 unspecified atom stereocenters. The minimum absolute atomic E-state index is 0.0845. The molecule has 116 valence electrons. The van der Waals surface area contributed by atoms with E-state index in [0.29, 0.717) is 0 Å². The second-order valence-corrected chi connectivity index (χ2v) is 4.46. The molecule has 0 bridgehead atoms. The van der Waals surface area contributed by atoms with E-state index in [0.717, 1.165) is 12.4 Å². The van der Waals surface area contributed by atoms with E-state index in [1.807, 2.05) is 0 Å². The lowest BCUT2D eigenvalue weighted by molar-refractivity contribution is -0.0588. The molecule has 0 aliphatic carbocycles. The predicted octanol–water partition coefficient (Wildman–Crippen LogP) is 1.78. The molecule has 0 atom stereocenters. The summed E-state index contributed by atoms with van der Waals surface area (Å²) in [6.45, 7) is 0. The summed E-state index contributed by atoms with van der Waals surface area (Å²) in [5, 5.41) is 0.275. The van der Waals surface area contributed by atoms with Gasteiger partial charge in [-0.05, 0) is 18.2 Å². The van der Waals surface area contributed by atoms with Gasteiger partial charge in [-0.3, -0.25) is 9.59 Å². The zero-order valence-corrected chi connectivity index (χ0v) is 11.3. The van der Waals surface area contributed by atoms with Crippen molar-refractivity contribution >= 4 is 17.8 Å². The van der Waals surface area contributed by atoms with Crippen molar-refractivity contribution in [2.45, 2.75) is 6.43 Å². The van der Waals surface area contributed by atoms with Gasteiger partial charge in [-0.15, -0.1) is 0 Å². The molecule has 3 rings (SSSR count). The molecule has 0 spiro atoms. The van der Waals surface area contributed by atoms with E-state index in [1.54, 1.807) is 12.1 Å². The maximum absolute atomic E-state index is 12.6. The summed E-state index contributed by atoms with van der Waals surface area (Å²) in [6, 6.07) is 6.64.